The number of hydrogen-bond donors (Lipinski definition) is 1. The van der Waals surface area contributed by atoms with Gasteiger partial charge in [-0.3, -0.25) is 0 Å². The van der Waals surface area contributed by atoms with Crippen LogP contribution in [0.4, 0.5) is 0 Å². The number of aliphatic hydroxyl groups is 1. The van der Waals surface area contributed by atoms with Crippen molar-refractivity contribution in [2.75, 3.05) is 26.2 Å². The molecular formula is C13H27NO2. The summed E-state index contributed by atoms with van der Waals surface area (Å²) in [5.74, 6) is 0.903. The molecule has 0 radical (unpaired) electrons. The van der Waals surface area contributed by atoms with Crippen LogP contribution in [0.2, 0.25) is 0 Å². The maximum atomic E-state index is 9.81. The molecule has 1 N–H and O–H groups in total. The van der Waals surface area contributed by atoms with Crippen LogP contribution in [0.3, 0.4) is 0 Å². The summed E-state index contributed by atoms with van der Waals surface area (Å²) in [6.45, 7) is 9.77. The predicted octanol–water partition coefficient (Wildman–Crippen LogP) is 1.89. The van der Waals surface area contributed by atoms with Crippen LogP contribution in [0, 0.1) is 5.92 Å². The van der Waals surface area contributed by atoms with Crippen LogP contribution in [0.1, 0.15) is 40.0 Å². The average Bonchev–Trinajstić information content (AvgIpc) is 2.27. The van der Waals surface area contributed by atoms with Gasteiger partial charge in [0.1, 0.15) is 0 Å². The molecule has 1 unspecified atom stereocenters. The zero-order chi connectivity index (χ0) is 12.0. The molecule has 1 heterocycles. The van der Waals surface area contributed by atoms with Gasteiger partial charge in [-0.1, -0.05) is 13.3 Å². The van der Waals surface area contributed by atoms with Gasteiger partial charge in [-0.2, -0.15) is 0 Å². The molecule has 1 fully saturated rings. The van der Waals surface area contributed by atoms with E-state index in [1.54, 1.807) is 0 Å². The van der Waals surface area contributed by atoms with Gasteiger partial charge in [0.05, 0.1) is 18.8 Å². The topological polar surface area (TPSA) is 32.7 Å². The van der Waals surface area contributed by atoms with Crippen LogP contribution in [-0.2, 0) is 4.74 Å². The highest BCUT2D eigenvalue weighted by atomic mass is 16.5. The van der Waals surface area contributed by atoms with Crippen molar-refractivity contribution in [3.8, 4) is 0 Å². The molecule has 0 aromatic heterocycles. The first-order chi connectivity index (χ1) is 7.61. The maximum Gasteiger partial charge on any atom is 0.0900 e. The van der Waals surface area contributed by atoms with E-state index >= 15 is 0 Å². The van der Waals surface area contributed by atoms with Gasteiger partial charge in [0, 0.05) is 6.54 Å². The molecule has 0 spiro atoms. The van der Waals surface area contributed by atoms with Crippen molar-refractivity contribution in [1.29, 1.82) is 0 Å². The molecule has 0 saturated carbocycles. The van der Waals surface area contributed by atoms with Gasteiger partial charge in [-0.25, -0.2) is 0 Å². The van der Waals surface area contributed by atoms with E-state index in [0.717, 1.165) is 25.6 Å². The molecule has 1 aliphatic heterocycles. The minimum absolute atomic E-state index is 0.209. The van der Waals surface area contributed by atoms with Crippen LogP contribution in [0.15, 0.2) is 0 Å². The van der Waals surface area contributed by atoms with E-state index < -0.39 is 0 Å². The van der Waals surface area contributed by atoms with E-state index in [2.05, 4.69) is 11.8 Å². The number of nitrogens with zero attached hydrogens (tertiary/aromatic N) is 1. The minimum Gasteiger partial charge on any atom is -0.389 e. The molecule has 3 nitrogen and oxygen atoms in total. The third kappa shape index (κ3) is 5.28. The second-order valence-electron chi connectivity index (χ2n) is 5.19. The second-order valence-corrected chi connectivity index (χ2v) is 5.19. The number of piperidine rings is 1. The highest BCUT2D eigenvalue weighted by molar-refractivity contribution is 4.73. The molecule has 1 saturated heterocycles. The van der Waals surface area contributed by atoms with Crippen LogP contribution in [0.25, 0.3) is 0 Å². The lowest BCUT2D eigenvalue weighted by Crippen LogP contribution is -2.40. The number of rotatable bonds is 6. The Morgan fingerprint density at radius 1 is 1.31 bits per heavy atom. The molecule has 1 rings (SSSR count). The van der Waals surface area contributed by atoms with E-state index in [-0.39, 0.29) is 12.2 Å². The lowest BCUT2D eigenvalue weighted by atomic mass is 9.94. The third-order valence-electron chi connectivity index (χ3n) is 3.38. The summed E-state index contributed by atoms with van der Waals surface area (Å²) in [5, 5.41) is 9.81. The van der Waals surface area contributed by atoms with Gasteiger partial charge < -0.3 is 14.7 Å². The summed E-state index contributed by atoms with van der Waals surface area (Å²) in [4.78, 5) is 2.36. The summed E-state index contributed by atoms with van der Waals surface area (Å²) >= 11 is 0. The first-order valence-electron chi connectivity index (χ1n) is 6.63. The van der Waals surface area contributed by atoms with Crippen molar-refractivity contribution in [2.45, 2.75) is 52.2 Å². The van der Waals surface area contributed by atoms with Gasteiger partial charge in [-0.05, 0) is 45.7 Å². The lowest BCUT2D eigenvalue weighted by Gasteiger charge is -2.32. The Morgan fingerprint density at radius 3 is 2.44 bits per heavy atom. The summed E-state index contributed by atoms with van der Waals surface area (Å²) in [7, 11) is 0. The second kappa shape index (κ2) is 7.25. The van der Waals surface area contributed by atoms with Crippen LogP contribution >= 0.6 is 0 Å². The molecule has 16 heavy (non-hydrogen) atoms. The third-order valence-corrected chi connectivity index (χ3v) is 3.38. The van der Waals surface area contributed by atoms with Gasteiger partial charge in [0.2, 0.25) is 0 Å². The fraction of sp³-hybridized carbons (Fsp3) is 1.00. The van der Waals surface area contributed by atoms with Gasteiger partial charge in [0.15, 0.2) is 0 Å². The van der Waals surface area contributed by atoms with E-state index in [1.165, 1.54) is 19.3 Å². The molecule has 1 atom stereocenters. The fourth-order valence-corrected chi connectivity index (χ4v) is 2.23. The van der Waals surface area contributed by atoms with Crippen LogP contribution in [0.5, 0.6) is 0 Å². The largest absolute Gasteiger partial charge is 0.389 e. The molecule has 96 valence electrons. The summed E-state index contributed by atoms with van der Waals surface area (Å²) < 4.78 is 5.41. The smallest absolute Gasteiger partial charge is 0.0900 e. The number of aliphatic hydroxyl groups excluding tert-OH is 1. The Bertz CT molecular complexity index is 177. The van der Waals surface area contributed by atoms with Crippen molar-refractivity contribution in [2.24, 2.45) is 5.92 Å². The monoisotopic (exact) mass is 229 g/mol. The van der Waals surface area contributed by atoms with Crippen molar-refractivity contribution >= 4 is 0 Å². The summed E-state index contributed by atoms with van der Waals surface area (Å²) in [6, 6.07) is 0. The fourth-order valence-electron chi connectivity index (χ4n) is 2.23. The van der Waals surface area contributed by atoms with Gasteiger partial charge >= 0.3 is 0 Å². The molecule has 0 aromatic carbocycles. The Hall–Kier alpha value is -0.120. The summed E-state index contributed by atoms with van der Waals surface area (Å²) in [6.07, 6.45) is 3.75. The molecule has 0 aliphatic carbocycles. The number of β-amino-alcohol motifs (C(OH)–C–C–N with tert-alkyl or cyclic N) is 1. The lowest BCUT2D eigenvalue weighted by molar-refractivity contribution is -0.0124. The molecular weight excluding hydrogens is 202 g/mol. The Balaban J connectivity index is 2.13. The van der Waals surface area contributed by atoms with Crippen molar-refractivity contribution in [3.63, 3.8) is 0 Å². The maximum absolute atomic E-state index is 9.81. The number of hydrogen-bond acceptors (Lipinski definition) is 3. The van der Waals surface area contributed by atoms with Crippen molar-refractivity contribution in [3.05, 3.63) is 0 Å². The van der Waals surface area contributed by atoms with E-state index in [4.69, 9.17) is 4.74 Å². The Morgan fingerprint density at radius 2 is 1.94 bits per heavy atom. The number of ether oxygens (including phenoxy) is 1. The van der Waals surface area contributed by atoms with Crippen LogP contribution in [-0.4, -0.2) is 48.5 Å². The zero-order valence-electron chi connectivity index (χ0n) is 11.0. The molecule has 1 aliphatic rings. The Kier molecular flexibility index (Phi) is 6.32. The SMILES string of the molecule is CCC1CCN(CC(O)COC(C)C)CC1. The average molecular weight is 229 g/mol. The highest BCUT2D eigenvalue weighted by Crippen LogP contribution is 2.19. The zero-order valence-corrected chi connectivity index (χ0v) is 11.0. The van der Waals surface area contributed by atoms with Crippen molar-refractivity contribution in [1.82, 2.24) is 4.90 Å². The molecule has 0 amide bonds. The predicted molar refractivity (Wildman–Crippen MR) is 66.5 cm³/mol. The van der Waals surface area contributed by atoms with E-state index in [9.17, 15) is 5.11 Å². The summed E-state index contributed by atoms with van der Waals surface area (Å²) in [5.41, 5.74) is 0. The van der Waals surface area contributed by atoms with Crippen LogP contribution < -0.4 is 0 Å². The first kappa shape index (κ1) is 13.9. The van der Waals surface area contributed by atoms with Gasteiger partial charge in [0.25, 0.3) is 0 Å². The molecule has 0 bridgehead atoms. The van der Waals surface area contributed by atoms with E-state index in [0.29, 0.717) is 6.61 Å². The highest BCUT2D eigenvalue weighted by Gasteiger charge is 2.19. The first-order valence-corrected chi connectivity index (χ1v) is 6.63. The van der Waals surface area contributed by atoms with E-state index in [1.807, 2.05) is 13.8 Å². The normalized spacial score (nSPS) is 21.6. The Labute approximate surface area is 99.8 Å². The minimum atomic E-state index is -0.333. The number of likely N-dealkylation sites (tertiary alicyclic amines) is 1. The van der Waals surface area contributed by atoms with Gasteiger partial charge in [-0.15, -0.1) is 0 Å². The molecule has 0 aromatic rings. The standard InChI is InChI=1S/C13H27NO2/c1-4-12-5-7-14(8-6-12)9-13(15)10-16-11(2)3/h11-13,15H,4-10H2,1-3H3. The van der Waals surface area contributed by atoms with Crippen molar-refractivity contribution < 1.29 is 9.84 Å². The quantitative estimate of drug-likeness (QED) is 0.755. The molecule has 3 heteroatoms.